The van der Waals surface area contributed by atoms with Crippen LogP contribution in [0.25, 0.3) is 0 Å². The van der Waals surface area contributed by atoms with Gasteiger partial charge in [0.2, 0.25) is 5.91 Å². The molecule has 12 N–H and O–H groups in total. The van der Waals surface area contributed by atoms with Crippen molar-refractivity contribution in [3.8, 4) is 0 Å². The lowest BCUT2D eigenvalue weighted by molar-refractivity contribution is -0.386. The summed E-state index contributed by atoms with van der Waals surface area (Å²) < 4.78 is 32.9. The average Bonchev–Trinajstić information content (AvgIpc) is 3.02. The molecule has 0 aliphatic carbocycles. The first-order chi connectivity index (χ1) is 21.7. The minimum absolute atomic E-state index is 0.0951. The molecule has 3 heterocycles. The average molecular weight is 674 g/mol. The molecule has 3 rings (SSSR count). The molecular formula is C26H43NO19. The molecule has 46 heavy (non-hydrogen) atoms. The molecule has 3 saturated heterocycles. The lowest BCUT2D eigenvalue weighted by Crippen LogP contribution is -2.70. The van der Waals surface area contributed by atoms with Crippen LogP contribution in [-0.4, -0.2) is 192 Å². The fraction of sp³-hybridized carbons (Fsp3) is 0.846. The van der Waals surface area contributed by atoms with Crippen molar-refractivity contribution in [3.05, 3.63) is 12.7 Å². The van der Waals surface area contributed by atoms with E-state index in [-0.39, 0.29) is 6.61 Å². The minimum Gasteiger partial charge on any atom is -0.477 e. The summed E-state index contributed by atoms with van der Waals surface area (Å²) >= 11 is 0. The van der Waals surface area contributed by atoms with E-state index in [0.717, 1.165) is 6.92 Å². The van der Waals surface area contributed by atoms with Gasteiger partial charge in [-0.2, -0.15) is 0 Å². The number of rotatable bonds is 14. The third-order valence-electron chi connectivity index (χ3n) is 7.83. The van der Waals surface area contributed by atoms with Crippen molar-refractivity contribution in [2.45, 2.75) is 111 Å². The number of aliphatic hydroxyl groups excluding tert-OH is 10. The van der Waals surface area contributed by atoms with Gasteiger partial charge < -0.3 is 89.9 Å². The number of nitrogens with one attached hydrogen (secondary N) is 1. The summed E-state index contributed by atoms with van der Waals surface area (Å²) in [4.78, 5) is 24.4. The maximum absolute atomic E-state index is 12.6. The lowest BCUT2D eigenvalue weighted by atomic mass is 9.88. The van der Waals surface area contributed by atoms with Crippen LogP contribution in [0.1, 0.15) is 13.3 Å². The van der Waals surface area contributed by atoms with Gasteiger partial charge >= 0.3 is 5.97 Å². The Kier molecular flexibility index (Phi) is 13.7. The van der Waals surface area contributed by atoms with E-state index in [1.165, 1.54) is 6.08 Å². The fourth-order valence-electron chi connectivity index (χ4n) is 5.45. The maximum Gasteiger partial charge on any atom is 0.364 e. The van der Waals surface area contributed by atoms with Gasteiger partial charge in [-0.3, -0.25) is 4.79 Å². The number of carboxylic acids is 1. The number of aliphatic hydroxyl groups is 10. The van der Waals surface area contributed by atoms with Gasteiger partial charge in [-0.15, -0.1) is 6.58 Å². The molecule has 16 atom stereocenters. The third kappa shape index (κ3) is 8.18. The zero-order valence-corrected chi connectivity index (χ0v) is 24.7. The summed E-state index contributed by atoms with van der Waals surface area (Å²) in [6, 6.07) is -1.54. The third-order valence-corrected chi connectivity index (χ3v) is 7.83. The largest absolute Gasteiger partial charge is 0.477 e. The number of ether oxygens (including phenoxy) is 6. The summed E-state index contributed by atoms with van der Waals surface area (Å²) in [6.45, 7) is 1.60. The Labute approximate surface area is 261 Å². The van der Waals surface area contributed by atoms with Crippen LogP contribution in [0, 0.1) is 0 Å². The second-order valence-corrected chi connectivity index (χ2v) is 11.1. The monoisotopic (exact) mass is 673 g/mol. The Hall–Kier alpha value is -1.96. The molecule has 0 radical (unpaired) electrons. The number of carbonyl (C=O) groups excluding carboxylic acids is 1. The van der Waals surface area contributed by atoms with Gasteiger partial charge in [0.15, 0.2) is 12.6 Å². The highest BCUT2D eigenvalue weighted by molar-refractivity contribution is 5.76. The van der Waals surface area contributed by atoms with Gasteiger partial charge in [-0.05, 0) is 0 Å². The van der Waals surface area contributed by atoms with Crippen LogP contribution in [0.15, 0.2) is 12.7 Å². The molecule has 266 valence electrons. The zero-order chi connectivity index (χ0) is 34.5. The topological polar surface area (TPSA) is 324 Å². The highest BCUT2D eigenvalue weighted by atomic mass is 16.8. The molecule has 3 fully saturated rings. The van der Waals surface area contributed by atoms with Crippen LogP contribution in [0.2, 0.25) is 0 Å². The Morgan fingerprint density at radius 1 is 0.957 bits per heavy atom. The summed E-state index contributed by atoms with van der Waals surface area (Å²) in [7, 11) is 0. The van der Waals surface area contributed by atoms with Crippen molar-refractivity contribution in [2.75, 3.05) is 26.4 Å². The Morgan fingerprint density at radius 3 is 2.13 bits per heavy atom. The van der Waals surface area contributed by atoms with Crippen LogP contribution in [0.3, 0.4) is 0 Å². The first kappa shape index (κ1) is 38.5. The first-order valence-corrected chi connectivity index (χ1v) is 14.3. The van der Waals surface area contributed by atoms with Crippen molar-refractivity contribution < 1.29 is 94.2 Å². The van der Waals surface area contributed by atoms with Gasteiger partial charge in [0, 0.05) is 13.3 Å². The predicted molar refractivity (Wildman–Crippen MR) is 144 cm³/mol. The molecule has 20 nitrogen and oxygen atoms in total. The summed E-state index contributed by atoms with van der Waals surface area (Å²) in [5.41, 5.74) is 0. The van der Waals surface area contributed by atoms with Crippen molar-refractivity contribution in [1.29, 1.82) is 0 Å². The van der Waals surface area contributed by atoms with Gasteiger partial charge in [0.05, 0.1) is 38.6 Å². The van der Waals surface area contributed by atoms with Crippen LogP contribution in [-0.2, 0) is 38.0 Å². The first-order valence-electron chi connectivity index (χ1n) is 14.3. The van der Waals surface area contributed by atoms with Crippen molar-refractivity contribution >= 4 is 11.9 Å². The van der Waals surface area contributed by atoms with E-state index >= 15 is 0 Å². The van der Waals surface area contributed by atoms with Crippen LogP contribution >= 0.6 is 0 Å². The molecule has 3 aliphatic rings. The number of amides is 1. The molecule has 1 amide bonds. The number of aliphatic carboxylic acids is 1. The van der Waals surface area contributed by atoms with Crippen LogP contribution in [0.5, 0.6) is 0 Å². The lowest BCUT2D eigenvalue weighted by Gasteiger charge is -2.50. The highest BCUT2D eigenvalue weighted by Gasteiger charge is 2.60. The standard InChI is InChI=1S/C26H43NO19/c1-3-4-41-23-18(37)17(36)20(13(8-30)43-23)44-24-19(38)22(16(35)12(7-29)42-24)46-26(25(39)40)5-10(32)14(27-9(2)31)21(45-26)15(34)11(33)6-28/h3,10-24,28-30,32-38H,1,4-8H2,2H3,(H,27,31)(H,39,40)/t10-,11+,12+,13+,14+,15+,16+,17+,18+,19+,20+,21+,22-,23+,24-,26-/m0/s1. The summed E-state index contributed by atoms with van der Waals surface area (Å²) in [5.74, 6) is -5.72. The molecule has 0 unspecified atom stereocenters. The number of carboxylic acid groups (broad SMARTS) is 1. The van der Waals surface area contributed by atoms with Gasteiger partial charge in [-0.25, -0.2) is 4.79 Å². The Balaban J connectivity index is 1.92. The fourth-order valence-corrected chi connectivity index (χ4v) is 5.45. The van der Waals surface area contributed by atoms with Gasteiger partial charge in [-0.1, -0.05) is 6.08 Å². The van der Waals surface area contributed by atoms with Crippen LogP contribution < -0.4 is 5.32 Å². The van der Waals surface area contributed by atoms with E-state index in [9.17, 15) is 65.8 Å². The molecule has 0 spiro atoms. The number of hydrogen-bond donors (Lipinski definition) is 12. The molecule has 0 aromatic rings. The summed E-state index contributed by atoms with van der Waals surface area (Å²) in [5, 5.41) is 116. The molecule has 0 aromatic heterocycles. The van der Waals surface area contributed by atoms with E-state index in [1.54, 1.807) is 0 Å². The van der Waals surface area contributed by atoms with E-state index in [0.29, 0.717) is 0 Å². The Bertz CT molecular complexity index is 1020. The molecule has 0 bridgehead atoms. The second kappa shape index (κ2) is 16.4. The highest BCUT2D eigenvalue weighted by Crippen LogP contribution is 2.38. The number of hydrogen-bond acceptors (Lipinski definition) is 18. The van der Waals surface area contributed by atoms with Gasteiger partial charge in [0.1, 0.15) is 67.1 Å². The zero-order valence-electron chi connectivity index (χ0n) is 24.7. The van der Waals surface area contributed by atoms with E-state index < -0.39 is 136 Å². The quantitative estimate of drug-likeness (QED) is 0.0762. The van der Waals surface area contributed by atoms with Crippen molar-refractivity contribution in [1.82, 2.24) is 5.32 Å². The molecule has 0 saturated carbocycles. The van der Waals surface area contributed by atoms with Gasteiger partial charge in [0.25, 0.3) is 5.79 Å². The maximum atomic E-state index is 12.6. The van der Waals surface area contributed by atoms with Crippen LogP contribution in [0.4, 0.5) is 0 Å². The second-order valence-electron chi connectivity index (χ2n) is 11.1. The molecule has 20 heteroatoms. The SMILES string of the molecule is C=CCO[C@@H]1O[C@H](CO)[C@@H](O[C@@H]2O[C@H](CO)[C@@H](O)[C@H](O[C@]3(C(=O)O)C[C@H](O)[C@@H](NC(C)=O)[C@H]([C@H](O)[C@H](O)CO)O3)[C@H]2O)[C@H](O)[C@H]1O. The number of carbonyl (C=O) groups is 2. The van der Waals surface area contributed by atoms with E-state index in [1.807, 2.05) is 0 Å². The minimum atomic E-state index is -3.02. The predicted octanol–water partition coefficient (Wildman–Crippen LogP) is -7.01. The van der Waals surface area contributed by atoms with E-state index in [4.69, 9.17) is 28.4 Å². The molecule has 3 aliphatic heterocycles. The normalized spacial score (nSPS) is 43.0. The van der Waals surface area contributed by atoms with Crippen molar-refractivity contribution in [2.24, 2.45) is 0 Å². The van der Waals surface area contributed by atoms with E-state index in [2.05, 4.69) is 11.9 Å². The molecule has 0 aromatic carbocycles. The van der Waals surface area contributed by atoms with Crippen molar-refractivity contribution in [3.63, 3.8) is 0 Å². The molecular weight excluding hydrogens is 630 g/mol. The smallest absolute Gasteiger partial charge is 0.364 e. The Morgan fingerprint density at radius 2 is 1.59 bits per heavy atom. The summed E-state index contributed by atoms with van der Waals surface area (Å²) in [6.07, 6.45) is -25.4.